The Bertz CT molecular complexity index is 3050. The first-order valence-corrected chi connectivity index (χ1v) is 24.5. The Kier molecular flexibility index (Phi) is 12.5. The highest BCUT2D eigenvalue weighted by atomic mass is 28.3. The highest BCUT2D eigenvalue weighted by molar-refractivity contribution is 6.83. The first-order chi connectivity index (χ1) is 31.9. The maximum atomic E-state index is 6.11. The number of benzene rings is 3. The van der Waals surface area contributed by atoms with E-state index in [-0.39, 0.29) is 0 Å². The van der Waals surface area contributed by atoms with Gasteiger partial charge in [-0.2, -0.15) is 0 Å². The molecule has 0 aliphatic carbocycles. The van der Waals surface area contributed by atoms with Gasteiger partial charge in [-0.25, -0.2) is 9.97 Å². The third-order valence-corrected chi connectivity index (χ3v) is 12.1. The minimum Gasteiger partial charge on any atom is -0.496 e. The van der Waals surface area contributed by atoms with E-state index < -0.39 is 8.07 Å². The summed E-state index contributed by atoms with van der Waals surface area (Å²) in [5, 5.41) is 0. The van der Waals surface area contributed by atoms with Crippen molar-refractivity contribution in [2.75, 3.05) is 64.0 Å². The number of ether oxygens (including phenoxy) is 9. The molecule has 0 fully saturated rings. The summed E-state index contributed by atoms with van der Waals surface area (Å²) in [5.74, 6) is 8.33. The van der Waals surface area contributed by atoms with Gasteiger partial charge in [0, 0.05) is 69.6 Å². The zero-order valence-electron chi connectivity index (χ0n) is 39.2. The van der Waals surface area contributed by atoms with Crippen LogP contribution in [0.25, 0.3) is 79.8 Å². The van der Waals surface area contributed by atoms with E-state index >= 15 is 0 Å². The topological polar surface area (TPSA) is 140 Å². The number of aromatic nitrogens is 4. The fourth-order valence-electron chi connectivity index (χ4n) is 8.13. The molecule has 6 aromatic rings. The Hall–Kier alpha value is -7.76. The summed E-state index contributed by atoms with van der Waals surface area (Å²) in [6, 6.07) is 19.0. The van der Waals surface area contributed by atoms with Crippen molar-refractivity contribution in [3.63, 3.8) is 0 Å². The number of nitrogens with zero attached hydrogens (tertiary/aromatic N) is 2. The van der Waals surface area contributed by atoms with Crippen LogP contribution in [0.5, 0.6) is 51.7 Å². The molecule has 8 rings (SSSR count). The molecule has 8 bridgehead atoms. The lowest BCUT2D eigenvalue weighted by atomic mass is 10.0. The summed E-state index contributed by atoms with van der Waals surface area (Å²) in [5.41, 5.74) is 13.8. The first kappa shape index (κ1) is 44.8. The molecule has 0 atom stereocenters. The fraction of sp³-hybridized carbons (Fsp3) is 0.231. The van der Waals surface area contributed by atoms with Crippen molar-refractivity contribution in [3.05, 3.63) is 89.0 Å². The lowest BCUT2D eigenvalue weighted by molar-refractivity contribution is 0.377. The van der Waals surface area contributed by atoms with Crippen molar-refractivity contribution >= 4 is 54.4 Å². The minimum absolute atomic E-state index is 0.501. The SMILES string of the molecule is COc1cc(OC)c(-c2c3nc(c(-c4c(OC)cc(OC)cc4OC)c4ccc([nH]4)c(-c4c(OC)cc(OC)cc4OC)c4nc(c(C#C[Si](C)(C)C)c5ccc2[nH]5)C=C4)C=C3)c(OC)c1. The van der Waals surface area contributed by atoms with Gasteiger partial charge < -0.3 is 52.6 Å². The van der Waals surface area contributed by atoms with Crippen LogP contribution in [-0.4, -0.2) is 92.0 Å². The van der Waals surface area contributed by atoms with Gasteiger partial charge in [0.15, 0.2) is 0 Å². The molecule has 2 N–H and O–H groups in total. The standard InChI is InChI=1S/C52H52N4O9Si/c1-57-29-23-41(60-4)50(42(24-29)61-5)47-35-15-13-33(53-35)32(21-22-66(10,11)12)34-14-16-36(54-34)48(51-43(62-6)25-30(58-2)26-44(51)63-7)38-18-20-40(56-38)49(39-19-17-37(47)55-39)52-45(64-8)27-31(59-3)28-46(52)65-9/h13-20,23-28,53,56H,1-12H3. The van der Waals surface area contributed by atoms with Crippen molar-refractivity contribution in [3.8, 4) is 96.6 Å². The van der Waals surface area contributed by atoms with E-state index in [1.165, 1.54) is 0 Å². The van der Waals surface area contributed by atoms with Gasteiger partial charge in [0.1, 0.15) is 59.8 Å². The van der Waals surface area contributed by atoms with Gasteiger partial charge in [0.05, 0.1) is 115 Å². The Morgan fingerprint density at radius 2 is 0.667 bits per heavy atom. The van der Waals surface area contributed by atoms with E-state index in [1.807, 2.05) is 85.0 Å². The molecular formula is C52H52N4O9Si. The molecule has 0 radical (unpaired) electrons. The molecule has 5 heterocycles. The lowest BCUT2D eigenvalue weighted by Crippen LogP contribution is -2.16. The second-order valence-electron chi connectivity index (χ2n) is 16.2. The first-order valence-electron chi connectivity index (χ1n) is 21.0. The third kappa shape index (κ3) is 8.25. The molecule has 0 spiro atoms. The number of nitrogens with one attached hydrogen (secondary N) is 2. The van der Waals surface area contributed by atoms with Crippen LogP contribution >= 0.6 is 0 Å². The molecule has 14 heteroatoms. The smallest absolute Gasteiger partial charge is 0.134 e. The zero-order valence-corrected chi connectivity index (χ0v) is 40.2. The van der Waals surface area contributed by atoms with Crippen LogP contribution in [0.1, 0.15) is 28.3 Å². The van der Waals surface area contributed by atoms with Crippen LogP contribution in [0.3, 0.4) is 0 Å². The van der Waals surface area contributed by atoms with Crippen LogP contribution in [0.15, 0.2) is 60.7 Å². The molecule has 0 saturated heterocycles. The van der Waals surface area contributed by atoms with Crippen molar-refractivity contribution in [1.82, 2.24) is 19.9 Å². The predicted molar refractivity (Wildman–Crippen MR) is 264 cm³/mol. The summed E-state index contributed by atoms with van der Waals surface area (Å²) in [4.78, 5) is 18.3. The maximum Gasteiger partial charge on any atom is 0.134 e. The van der Waals surface area contributed by atoms with Gasteiger partial charge >= 0.3 is 0 Å². The molecular weight excluding hydrogens is 853 g/mol. The van der Waals surface area contributed by atoms with Gasteiger partial charge in [-0.1, -0.05) is 25.6 Å². The fourth-order valence-corrected chi connectivity index (χ4v) is 8.63. The average Bonchev–Trinajstić information content (AvgIpc) is 4.19. The van der Waals surface area contributed by atoms with Crippen LogP contribution < -0.4 is 42.6 Å². The molecule has 0 amide bonds. The van der Waals surface area contributed by atoms with E-state index in [2.05, 4.69) is 41.1 Å². The largest absolute Gasteiger partial charge is 0.496 e. The molecule has 2 aliphatic rings. The summed E-state index contributed by atoms with van der Waals surface area (Å²) in [6.07, 6.45) is 7.93. The van der Waals surface area contributed by atoms with Gasteiger partial charge in [0.25, 0.3) is 0 Å². The Morgan fingerprint density at radius 3 is 0.970 bits per heavy atom. The number of aromatic amines is 2. The van der Waals surface area contributed by atoms with Gasteiger partial charge in [-0.05, 0) is 48.6 Å². The second kappa shape index (κ2) is 18.4. The summed E-state index contributed by atoms with van der Waals surface area (Å²) >= 11 is 0. The van der Waals surface area contributed by atoms with E-state index in [0.29, 0.717) is 119 Å². The molecule has 2 aliphatic heterocycles. The number of fused-ring (bicyclic) bond motifs is 8. The molecule has 0 saturated carbocycles. The normalized spacial score (nSPS) is 11.7. The molecule has 338 valence electrons. The molecule has 3 aromatic heterocycles. The summed E-state index contributed by atoms with van der Waals surface area (Å²) in [6.45, 7) is 6.64. The zero-order chi connectivity index (χ0) is 46.9. The molecule has 3 aromatic carbocycles. The van der Waals surface area contributed by atoms with E-state index in [0.717, 1.165) is 16.6 Å². The van der Waals surface area contributed by atoms with E-state index in [9.17, 15) is 0 Å². The number of hydrogen-bond donors (Lipinski definition) is 2. The highest BCUT2D eigenvalue weighted by Gasteiger charge is 2.27. The Labute approximate surface area is 384 Å². The van der Waals surface area contributed by atoms with Crippen molar-refractivity contribution < 1.29 is 42.6 Å². The van der Waals surface area contributed by atoms with Gasteiger partial charge in [-0.3, -0.25) is 0 Å². The van der Waals surface area contributed by atoms with Crippen LogP contribution in [0.4, 0.5) is 0 Å². The number of hydrogen-bond acceptors (Lipinski definition) is 11. The molecule has 13 nitrogen and oxygen atoms in total. The van der Waals surface area contributed by atoms with Crippen LogP contribution in [-0.2, 0) is 0 Å². The number of H-pyrrole nitrogens is 2. The second-order valence-corrected chi connectivity index (χ2v) is 21.0. The maximum absolute atomic E-state index is 6.11. The number of rotatable bonds is 12. The van der Waals surface area contributed by atoms with Crippen LogP contribution in [0, 0.1) is 11.5 Å². The third-order valence-electron chi connectivity index (χ3n) is 11.2. The van der Waals surface area contributed by atoms with Gasteiger partial charge in [-0.15, -0.1) is 5.54 Å². The molecule has 0 unspecified atom stereocenters. The average molecular weight is 905 g/mol. The Morgan fingerprint density at radius 1 is 0.379 bits per heavy atom. The quantitative estimate of drug-likeness (QED) is 0.0894. The summed E-state index contributed by atoms with van der Waals surface area (Å²) in [7, 11) is 12.6. The number of methoxy groups -OCH3 is 9. The molecule has 66 heavy (non-hydrogen) atoms. The van der Waals surface area contributed by atoms with Crippen molar-refractivity contribution in [2.45, 2.75) is 19.6 Å². The van der Waals surface area contributed by atoms with Crippen LogP contribution in [0.2, 0.25) is 19.6 Å². The minimum atomic E-state index is -1.90. The predicted octanol–water partition coefficient (Wildman–Crippen LogP) is 11.0. The van der Waals surface area contributed by atoms with Crippen molar-refractivity contribution in [2.24, 2.45) is 0 Å². The van der Waals surface area contributed by atoms with E-state index in [1.54, 1.807) is 64.0 Å². The Balaban J connectivity index is 1.65. The summed E-state index contributed by atoms with van der Waals surface area (Å²) < 4.78 is 53.6. The van der Waals surface area contributed by atoms with Crippen molar-refractivity contribution in [1.29, 1.82) is 0 Å². The van der Waals surface area contributed by atoms with E-state index in [4.69, 9.17) is 52.6 Å². The highest BCUT2D eigenvalue weighted by Crippen LogP contribution is 2.49. The van der Waals surface area contributed by atoms with Gasteiger partial charge in [0.2, 0.25) is 0 Å². The lowest BCUT2D eigenvalue weighted by Gasteiger charge is -2.17. The monoisotopic (exact) mass is 904 g/mol.